The summed E-state index contributed by atoms with van der Waals surface area (Å²) in [6.45, 7) is 1.49. The second-order valence-electron chi connectivity index (χ2n) is 5.32. The molecule has 0 saturated carbocycles. The molecule has 0 aliphatic heterocycles. The molecule has 1 aromatic carbocycles. The number of hydrogen-bond acceptors (Lipinski definition) is 4. The number of alkyl halides is 3. The number of thiophene rings is 1. The first kappa shape index (κ1) is 17.2. The van der Waals surface area contributed by atoms with Gasteiger partial charge in [0, 0.05) is 16.8 Å². The van der Waals surface area contributed by atoms with Crippen molar-refractivity contribution >= 4 is 33.1 Å². The van der Waals surface area contributed by atoms with Gasteiger partial charge < -0.3 is 10.1 Å². The van der Waals surface area contributed by atoms with Gasteiger partial charge in [0.2, 0.25) is 0 Å². The molecule has 8 heteroatoms. The van der Waals surface area contributed by atoms with Crippen LogP contribution in [0.4, 0.5) is 18.9 Å². The molecule has 3 aromatic rings. The van der Waals surface area contributed by atoms with Crippen molar-refractivity contribution in [2.75, 3.05) is 12.4 Å². The number of aryl methyl sites for hydroxylation is 1. The Morgan fingerprint density at radius 3 is 2.48 bits per heavy atom. The first-order valence-corrected chi connectivity index (χ1v) is 8.03. The Balaban J connectivity index is 1.94. The number of nitrogens with one attached hydrogen (secondary N) is 1. The summed E-state index contributed by atoms with van der Waals surface area (Å²) in [5, 5.41) is 2.58. The molecular formula is C17H13F3N2O2S. The number of carbonyl (C=O) groups excluding carboxylic acids is 1. The van der Waals surface area contributed by atoms with Gasteiger partial charge in [0.1, 0.15) is 10.6 Å². The van der Waals surface area contributed by atoms with E-state index in [1.807, 2.05) is 0 Å². The fourth-order valence-electron chi connectivity index (χ4n) is 2.35. The van der Waals surface area contributed by atoms with E-state index in [0.29, 0.717) is 11.4 Å². The fraction of sp³-hybridized carbons (Fsp3) is 0.176. The molecule has 25 heavy (non-hydrogen) atoms. The number of carbonyl (C=O) groups is 1. The SMILES string of the molecule is COc1ccc(NC(=O)c2cc3c(C(F)(F)F)cc(C)nc3s2)cc1. The van der Waals surface area contributed by atoms with Crippen molar-refractivity contribution in [1.29, 1.82) is 0 Å². The van der Waals surface area contributed by atoms with Crippen LogP contribution in [0.5, 0.6) is 5.75 Å². The van der Waals surface area contributed by atoms with Crippen LogP contribution in [0.15, 0.2) is 36.4 Å². The van der Waals surface area contributed by atoms with E-state index in [9.17, 15) is 18.0 Å². The van der Waals surface area contributed by atoms with Gasteiger partial charge in [0.25, 0.3) is 5.91 Å². The van der Waals surface area contributed by atoms with Gasteiger partial charge in [0.05, 0.1) is 17.6 Å². The van der Waals surface area contributed by atoms with Crippen LogP contribution in [0.3, 0.4) is 0 Å². The van der Waals surface area contributed by atoms with Gasteiger partial charge in [0.15, 0.2) is 0 Å². The van der Waals surface area contributed by atoms with Gasteiger partial charge in [-0.1, -0.05) is 0 Å². The summed E-state index contributed by atoms with van der Waals surface area (Å²) in [6.07, 6.45) is -4.50. The molecule has 1 N–H and O–H groups in total. The molecule has 0 aliphatic rings. The maximum Gasteiger partial charge on any atom is 0.417 e. The van der Waals surface area contributed by atoms with Crippen molar-refractivity contribution in [2.45, 2.75) is 13.1 Å². The van der Waals surface area contributed by atoms with Gasteiger partial charge in [-0.3, -0.25) is 4.79 Å². The number of pyridine rings is 1. The van der Waals surface area contributed by atoms with Crippen molar-refractivity contribution < 1.29 is 22.7 Å². The Morgan fingerprint density at radius 1 is 1.20 bits per heavy atom. The topological polar surface area (TPSA) is 51.2 Å². The third kappa shape index (κ3) is 3.58. The predicted octanol–water partition coefficient (Wildman–Crippen LogP) is 4.88. The zero-order chi connectivity index (χ0) is 18.2. The minimum Gasteiger partial charge on any atom is -0.497 e. The van der Waals surface area contributed by atoms with Gasteiger partial charge in [-0.05, 0) is 43.3 Å². The number of nitrogens with zero attached hydrogens (tertiary/aromatic N) is 1. The molecule has 2 aromatic heterocycles. The molecule has 0 saturated heterocycles. The lowest BCUT2D eigenvalue weighted by molar-refractivity contribution is -0.136. The van der Waals surface area contributed by atoms with Crippen molar-refractivity contribution in [3.8, 4) is 5.75 Å². The second-order valence-corrected chi connectivity index (χ2v) is 6.35. The lowest BCUT2D eigenvalue weighted by Gasteiger charge is -2.08. The summed E-state index contributed by atoms with van der Waals surface area (Å²) < 4.78 is 44.6. The Kier molecular flexibility index (Phi) is 4.38. The van der Waals surface area contributed by atoms with Crippen molar-refractivity contribution in [2.24, 2.45) is 0 Å². The summed E-state index contributed by atoms with van der Waals surface area (Å²) in [5.74, 6) is 0.147. The highest BCUT2D eigenvalue weighted by Crippen LogP contribution is 2.38. The summed E-state index contributed by atoms with van der Waals surface area (Å²) in [5.41, 5.74) is -0.0121. The molecule has 0 fully saturated rings. The number of methoxy groups -OCH3 is 1. The number of ether oxygens (including phenoxy) is 1. The van der Waals surface area contributed by atoms with Gasteiger partial charge in [-0.25, -0.2) is 4.98 Å². The third-order valence-corrected chi connectivity index (χ3v) is 4.54. The largest absolute Gasteiger partial charge is 0.497 e. The molecule has 4 nitrogen and oxygen atoms in total. The van der Waals surface area contributed by atoms with E-state index in [1.54, 1.807) is 24.3 Å². The molecule has 130 valence electrons. The average Bonchev–Trinajstić information content (AvgIpc) is 2.97. The molecule has 0 radical (unpaired) electrons. The minimum atomic E-state index is -4.50. The molecule has 3 rings (SSSR count). The fourth-order valence-corrected chi connectivity index (χ4v) is 3.35. The first-order valence-electron chi connectivity index (χ1n) is 7.21. The van der Waals surface area contributed by atoms with Gasteiger partial charge >= 0.3 is 6.18 Å². The summed E-state index contributed by atoms with van der Waals surface area (Å²) >= 11 is 0.929. The van der Waals surface area contributed by atoms with Crippen LogP contribution in [0, 0.1) is 6.92 Å². The standard InChI is InChI=1S/C17H13F3N2O2S/c1-9-7-13(17(18,19)20)12-8-14(25-16(12)21-9)15(23)22-10-3-5-11(24-2)6-4-10/h3-8H,1-2H3,(H,22,23). The maximum atomic E-state index is 13.2. The average molecular weight is 366 g/mol. The summed E-state index contributed by atoms with van der Waals surface area (Å²) in [7, 11) is 1.53. The quantitative estimate of drug-likeness (QED) is 0.718. The van der Waals surface area contributed by atoms with Crippen LogP contribution in [-0.4, -0.2) is 18.0 Å². The molecule has 0 aliphatic carbocycles. The number of anilines is 1. The lowest BCUT2D eigenvalue weighted by atomic mass is 10.1. The second kappa shape index (κ2) is 6.36. The number of rotatable bonds is 3. The molecular weight excluding hydrogens is 353 g/mol. The molecule has 1 amide bonds. The van der Waals surface area contributed by atoms with E-state index >= 15 is 0 Å². The molecule has 0 atom stereocenters. The maximum absolute atomic E-state index is 13.2. The van der Waals surface area contributed by atoms with Crippen LogP contribution in [0.2, 0.25) is 0 Å². The van der Waals surface area contributed by atoms with E-state index < -0.39 is 17.6 Å². The minimum absolute atomic E-state index is 0.0667. The molecule has 2 heterocycles. The zero-order valence-electron chi connectivity index (χ0n) is 13.3. The third-order valence-electron chi connectivity index (χ3n) is 3.51. The number of benzene rings is 1. The number of halogens is 3. The van der Waals surface area contributed by atoms with E-state index in [-0.39, 0.29) is 20.8 Å². The van der Waals surface area contributed by atoms with E-state index in [1.165, 1.54) is 20.1 Å². The number of aromatic nitrogens is 1. The Morgan fingerprint density at radius 2 is 1.88 bits per heavy atom. The normalized spacial score (nSPS) is 11.6. The monoisotopic (exact) mass is 366 g/mol. The number of hydrogen-bond donors (Lipinski definition) is 1. The lowest BCUT2D eigenvalue weighted by Crippen LogP contribution is -2.10. The highest BCUT2D eigenvalue weighted by molar-refractivity contribution is 7.20. The molecule has 0 unspecified atom stereocenters. The van der Waals surface area contributed by atoms with Gasteiger partial charge in [-0.2, -0.15) is 13.2 Å². The Labute approximate surface area is 145 Å². The highest BCUT2D eigenvalue weighted by Gasteiger charge is 2.34. The number of fused-ring (bicyclic) bond motifs is 1. The van der Waals surface area contributed by atoms with Crippen molar-refractivity contribution in [3.05, 3.63) is 52.5 Å². The Hall–Kier alpha value is -2.61. The molecule has 0 bridgehead atoms. The van der Waals surface area contributed by atoms with Crippen LogP contribution in [-0.2, 0) is 6.18 Å². The van der Waals surface area contributed by atoms with E-state index in [2.05, 4.69) is 10.3 Å². The summed E-state index contributed by atoms with van der Waals surface area (Å²) in [6, 6.07) is 8.86. The van der Waals surface area contributed by atoms with Crippen molar-refractivity contribution in [3.63, 3.8) is 0 Å². The smallest absolute Gasteiger partial charge is 0.417 e. The Bertz CT molecular complexity index is 933. The summed E-state index contributed by atoms with van der Waals surface area (Å²) in [4.78, 5) is 16.8. The molecule has 0 spiro atoms. The van der Waals surface area contributed by atoms with Crippen LogP contribution in [0.1, 0.15) is 20.9 Å². The van der Waals surface area contributed by atoms with Crippen molar-refractivity contribution in [1.82, 2.24) is 4.98 Å². The highest BCUT2D eigenvalue weighted by atomic mass is 32.1. The van der Waals surface area contributed by atoms with Crippen LogP contribution in [0.25, 0.3) is 10.2 Å². The van der Waals surface area contributed by atoms with Crippen LogP contribution >= 0.6 is 11.3 Å². The van der Waals surface area contributed by atoms with E-state index in [4.69, 9.17) is 4.74 Å². The number of amides is 1. The zero-order valence-corrected chi connectivity index (χ0v) is 14.1. The first-order chi connectivity index (χ1) is 11.8. The van der Waals surface area contributed by atoms with Crippen LogP contribution < -0.4 is 10.1 Å². The van der Waals surface area contributed by atoms with E-state index in [0.717, 1.165) is 17.4 Å². The van der Waals surface area contributed by atoms with Gasteiger partial charge in [-0.15, -0.1) is 11.3 Å². The predicted molar refractivity (Wildman–Crippen MR) is 90.3 cm³/mol.